The average molecular weight is 275 g/mol. The van der Waals surface area contributed by atoms with Gasteiger partial charge in [-0.2, -0.15) is 0 Å². The second-order valence-electron chi connectivity index (χ2n) is 6.47. The molecule has 0 aromatic heterocycles. The fraction of sp³-hybridized carbons (Fsp3) is 0.647. The Morgan fingerprint density at radius 1 is 1.40 bits per heavy atom. The fourth-order valence-electron chi connectivity index (χ4n) is 3.37. The first-order chi connectivity index (χ1) is 9.51. The van der Waals surface area contributed by atoms with Crippen LogP contribution in [0.4, 0.5) is 0 Å². The van der Waals surface area contributed by atoms with E-state index in [1.54, 1.807) is 0 Å². The summed E-state index contributed by atoms with van der Waals surface area (Å²) in [5, 5.41) is 0. The minimum absolute atomic E-state index is 0.334. The van der Waals surface area contributed by atoms with Gasteiger partial charge in [0.1, 0.15) is 0 Å². The van der Waals surface area contributed by atoms with Crippen LogP contribution in [0, 0.1) is 19.8 Å². The molecule has 20 heavy (non-hydrogen) atoms. The Bertz CT molecular complexity index is 444. The molecule has 1 aliphatic heterocycles. The highest BCUT2D eigenvalue weighted by atomic mass is 15.2. The van der Waals surface area contributed by atoms with E-state index in [1.165, 1.54) is 36.2 Å². The van der Waals surface area contributed by atoms with Gasteiger partial charge < -0.3 is 10.6 Å². The summed E-state index contributed by atoms with van der Waals surface area (Å²) in [4.78, 5) is 4.87. The maximum absolute atomic E-state index is 6.07. The third-order valence-electron chi connectivity index (χ3n) is 4.58. The van der Waals surface area contributed by atoms with Crippen molar-refractivity contribution in [3.63, 3.8) is 0 Å². The van der Waals surface area contributed by atoms with Crippen LogP contribution in [0.25, 0.3) is 0 Å². The van der Waals surface area contributed by atoms with Crippen molar-refractivity contribution in [1.29, 1.82) is 0 Å². The summed E-state index contributed by atoms with van der Waals surface area (Å²) in [6.45, 7) is 8.61. The van der Waals surface area contributed by atoms with Crippen LogP contribution in [-0.2, 0) is 0 Å². The molecule has 1 heterocycles. The minimum atomic E-state index is 0.334. The van der Waals surface area contributed by atoms with Gasteiger partial charge in [0.15, 0.2) is 0 Å². The molecule has 1 aliphatic rings. The largest absolute Gasteiger partial charge is 0.329 e. The van der Waals surface area contributed by atoms with Crippen molar-refractivity contribution < 1.29 is 0 Å². The van der Waals surface area contributed by atoms with Gasteiger partial charge in [-0.3, -0.25) is 4.90 Å². The fourth-order valence-corrected chi connectivity index (χ4v) is 3.37. The van der Waals surface area contributed by atoms with Crippen LogP contribution in [0.2, 0.25) is 0 Å². The standard InChI is InChI=1S/C17H29N3/c1-13-5-6-14(2)16(9-13)17(10-18)20(4)12-15-7-8-19(3)11-15/h5-6,9,15,17H,7-8,10-12,18H2,1-4H3. The molecule has 0 saturated carbocycles. The minimum Gasteiger partial charge on any atom is -0.329 e. The molecule has 1 aromatic carbocycles. The second-order valence-corrected chi connectivity index (χ2v) is 6.47. The molecule has 1 fully saturated rings. The Hall–Kier alpha value is -0.900. The smallest absolute Gasteiger partial charge is 0.0470 e. The number of nitrogens with zero attached hydrogens (tertiary/aromatic N) is 2. The summed E-state index contributed by atoms with van der Waals surface area (Å²) in [6.07, 6.45) is 1.31. The van der Waals surface area contributed by atoms with E-state index in [9.17, 15) is 0 Å². The van der Waals surface area contributed by atoms with Crippen LogP contribution < -0.4 is 5.73 Å². The normalized spacial score (nSPS) is 21.6. The lowest BCUT2D eigenvalue weighted by atomic mass is 9.97. The maximum Gasteiger partial charge on any atom is 0.0470 e. The first-order valence-electron chi connectivity index (χ1n) is 7.67. The van der Waals surface area contributed by atoms with E-state index in [2.05, 4.69) is 55.9 Å². The van der Waals surface area contributed by atoms with Crippen molar-refractivity contribution in [2.75, 3.05) is 40.3 Å². The number of benzene rings is 1. The van der Waals surface area contributed by atoms with Gasteiger partial charge in [0.2, 0.25) is 0 Å². The summed E-state index contributed by atoms with van der Waals surface area (Å²) in [6, 6.07) is 7.02. The van der Waals surface area contributed by atoms with Crippen LogP contribution in [0.15, 0.2) is 18.2 Å². The number of hydrogen-bond acceptors (Lipinski definition) is 3. The highest BCUT2D eigenvalue weighted by molar-refractivity contribution is 5.33. The van der Waals surface area contributed by atoms with Gasteiger partial charge in [-0.05, 0) is 58.0 Å². The van der Waals surface area contributed by atoms with Crippen LogP contribution in [0.5, 0.6) is 0 Å². The molecular formula is C17H29N3. The molecule has 0 spiro atoms. The lowest BCUT2D eigenvalue weighted by molar-refractivity contribution is 0.211. The quantitative estimate of drug-likeness (QED) is 0.894. The van der Waals surface area contributed by atoms with E-state index in [1.807, 2.05) is 0 Å². The Balaban J connectivity index is 2.08. The molecular weight excluding hydrogens is 246 g/mol. The van der Waals surface area contributed by atoms with Crippen molar-refractivity contribution in [2.45, 2.75) is 26.3 Å². The van der Waals surface area contributed by atoms with Crippen molar-refractivity contribution in [3.8, 4) is 0 Å². The van der Waals surface area contributed by atoms with E-state index >= 15 is 0 Å². The van der Waals surface area contributed by atoms with Gasteiger partial charge >= 0.3 is 0 Å². The molecule has 3 heteroatoms. The Labute approximate surface area is 123 Å². The molecule has 112 valence electrons. The number of nitrogens with two attached hydrogens (primary N) is 1. The molecule has 0 amide bonds. The van der Waals surface area contributed by atoms with Gasteiger partial charge in [0.25, 0.3) is 0 Å². The molecule has 0 aliphatic carbocycles. The molecule has 2 atom stereocenters. The average Bonchev–Trinajstić information content (AvgIpc) is 2.80. The van der Waals surface area contributed by atoms with Crippen molar-refractivity contribution >= 4 is 0 Å². The van der Waals surface area contributed by atoms with Crippen molar-refractivity contribution in [1.82, 2.24) is 9.80 Å². The summed E-state index contributed by atoms with van der Waals surface area (Å²) in [5.74, 6) is 0.782. The van der Waals surface area contributed by atoms with Crippen LogP contribution in [-0.4, -0.2) is 50.1 Å². The third kappa shape index (κ3) is 3.60. The highest BCUT2D eigenvalue weighted by Gasteiger charge is 2.24. The topological polar surface area (TPSA) is 32.5 Å². The van der Waals surface area contributed by atoms with Gasteiger partial charge in [-0.1, -0.05) is 23.8 Å². The summed E-state index contributed by atoms with van der Waals surface area (Å²) in [7, 11) is 4.43. The zero-order valence-electron chi connectivity index (χ0n) is 13.4. The van der Waals surface area contributed by atoms with E-state index in [0.29, 0.717) is 12.6 Å². The SMILES string of the molecule is Cc1ccc(C)c(C(CN)N(C)CC2CCN(C)C2)c1. The predicted molar refractivity (Wildman–Crippen MR) is 85.9 cm³/mol. The molecule has 2 unspecified atom stereocenters. The molecule has 0 bridgehead atoms. The number of hydrogen-bond donors (Lipinski definition) is 1. The van der Waals surface area contributed by atoms with Crippen LogP contribution in [0.3, 0.4) is 0 Å². The molecule has 2 rings (SSSR count). The Morgan fingerprint density at radius 3 is 2.75 bits per heavy atom. The number of likely N-dealkylation sites (N-methyl/N-ethyl adjacent to an activating group) is 1. The van der Waals surface area contributed by atoms with Crippen molar-refractivity contribution in [3.05, 3.63) is 34.9 Å². The molecule has 1 aromatic rings. The maximum atomic E-state index is 6.07. The molecule has 3 nitrogen and oxygen atoms in total. The Morgan fingerprint density at radius 2 is 2.15 bits per heavy atom. The molecule has 1 saturated heterocycles. The van der Waals surface area contributed by atoms with Crippen LogP contribution in [0.1, 0.15) is 29.2 Å². The summed E-state index contributed by atoms with van der Waals surface area (Å²) in [5.41, 5.74) is 10.1. The van der Waals surface area contributed by atoms with E-state index in [-0.39, 0.29) is 0 Å². The van der Waals surface area contributed by atoms with Crippen LogP contribution >= 0.6 is 0 Å². The number of likely N-dealkylation sites (tertiary alicyclic amines) is 1. The highest BCUT2D eigenvalue weighted by Crippen LogP contribution is 2.25. The van der Waals surface area contributed by atoms with Gasteiger partial charge in [-0.25, -0.2) is 0 Å². The van der Waals surface area contributed by atoms with Gasteiger partial charge in [0.05, 0.1) is 0 Å². The monoisotopic (exact) mass is 275 g/mol. The van der Waals surface area contributed by atoms with Crippen molar-refractivity contribution in [2.24, 2.45) is 11.7 Å². The Kier molecular flexibility index (Phi) is 5.19. The molecule has 0 radical (unpaired) electrons. The number of rotatable bonds is 5. The zero-order chi connectivity index (χ0) is 14.7. The van der Waals surface area contributed by atoms with E-state index < -0.39 is 0 Å². The van der Waals surface area contributed by atoms with Gasteiger partial charge in [-0.15, -0.1) is 0 Å². The zero-order valence-corrected chi connectivity index (χ0v) is 13.4. The van der Waals surface area contributed by atoms with E-state index in [0.717, 1.165) is 12.5 Å². The molecule has 2 N–H and O–H groups in total. The first kappa shape index (κ1) is 15.5. The summed E-state index contributed by atoms with van der Waals surface area (Å²) < 4.78 is 0. The third-order valence-corrected chi connectivity index (χ3v) is 4.58. The first-order valence-corrected chi connectivity index (χ1v) is 7.67. The second kappa shape index (κ2) is 6.70. The lowest BCUT2D eigenvalue weighted by Crippen LogP contribution is -2.35. The lowest BCUT2D eigenvalue weighted by Gasteiger charge is -2.31. The predicted octanol–water partition coefficient (Wildman–Crippen LogP) is 2.19. The summed E-state index contributed by atoms with van der Waals surface area (Å²) >= 11 is 0. The van der Waals surface area contributed by atoms with Gasteiger partial charge in [0, 0.05) is 25.7 Å². The number of aryl methyl sites for hydroxylation is 2. The van der Waals surface area contributed by atoms with E-state index in [4.69, 9.17) is 5.73 Å².